The van der Waals surface area contributed by atoms with Gasteiger partial charge in [-0.1, -0.05) is 41.6 Å². The number of para-hydroxylation sites is 1. The van der Waals surface area contributed by atoms with E-state index in [0.717, 1.165) is 67.8 Å². The Morgan fingerprint density at radius 2 is 1.67 bits per heavy atom. The number of urea groups is 1. The number of benzene rings is 3. The number of ether oxygens (including phenoxy) is 1. The first-order chi connectivity index (χ1) is 32.1. The number of carbonyl (C=O) groups is 5. The summed E-state index contributed by atoms with van der Waals surface area (Å²) in [4.78, 5) is 77.2. The molecular weight excluding hydrogens is 862 g/mol. The number of imide groups is 1. The summed E-state index contributed by atoms with van der Waals surface area (Å²) in [6, 6.07) is 20.4. The second-order valence-electron chi connectivity index (χ2n) is 16.6. The number of rotatable bonds is 14. The van der Waals surface area contributed by atoms with E-state index in [0.29, 0.717) is 85.3 Å². The van der Waals surface area contributed by atoms with E-state index in [1.807, 2.05) is 41.3 Å². The van der Waals surface area contributed by atoms with Crippen molar-refractivity contribution in [3.63, 3.8) is 0 Å². The van der Waals surface area contributed by atoms with Crippen LogP contribution in [0, 0.1) is 11.8 Å². The molecule has 6 N–H and O–H groups in total. The van der Waals surface area contributed by atoms with Crippen molar-refractivity contribution in [2.45, 2.75) is 69.6 Å². The third-order valence-corrected chi connectivity index (χ3v) is 12.6. The van der Waals surface area contributed by atoms with Crippen LogP contribution in [0.2, 0.25) is 5.02 Å². The smallest absolute Gasteiger partial charge is 0.317 e. The van der Waals surface area contributed by atoms with Crippen LogP contribution in [0.15, 0.2) is 72.9 Å². The van der Waals surface area contributed by atoms with Crippen LogP contribution in [-0.4, -0.2) is 121 Å². The summed E-state index contributed by atoms with van der Waals surface area (Å²) >= 11 is 6.41. The van der Waals surface area contributed by atoms with Crippen LogP contribution < -0.4 is 36.8 Å². The third kappa shape index (κ3) is 11.2. The van der Waals surface area contributed by atoms with E-state index >= 15 is 0 Å². The zero-order valence-corrected chi connectivity index (χ0v) is 37.6. The highest BCUT2D eigenvalue weighted by molar-refractivity contribution is 6.33. The lowest BCUT2D eigenvalue weighted by atomic mass is 9.91. The Balaban J connectivity index is 0.695. The maximum Gasteiger partial charge on any atom is 0.317 e. The van der Waals surface area contributed by atoms with Crippen LogP contribution in [0.1, 0.15) is 76.8 Å². The van der Waals surface area contributed by atoms with Gasteiger partial charge in [0.2, 0.25) is 17.8 Å². The number of fused-ring (bicyclic) bond motifs is 1. The molecular formula is C48H54ClN11O6. The predicted octanol–water partition coefficient (Wildman–Crippen LogP) is 4.93. The summed E-state index contributed by atoms with van der Waals surface area (Å²) in [6.07, 6.45) is 6.39. The second kappa shape index (κ2) is 21.5. The molecule has 3 aromatic carbocycles. The fourth-order valence-electron chi connectivity index (χ4n) is 8.75. The van der Waals surface area contributed by atoms with Gasteiger partial charge in [-0.2, -0.15) is 4.98 Å². The molecule has 17 nitrogen and oxygen atoms in total. The molecule has 3 fully saturated rings. The average Bonchev–Trinajstić information content (AvgIpc) is 3.67. The number of nitrogens with zero attached hydrogens (tertiary/aromatic N) is 5. The molecule has 0 spiro atoms. The quantitative estimate of drug-likeness (QED) is 0.0567. The van der Waals surface area contributed by atoms with Crippen molar-refractivity contribution in [1.29, 1.82) is 0 Å². The van der Waals surface area contributed by atoms with Crippen LogP contribution in [0.4, 0.5) is 33.6 Å². The van der Waals surface area contributed by atoms with Crippen LogP contribution in [-0.2, 0) is 20.9 Å². The normalized spacial score (nSPS) is 19.3. The molecule has 1 aromatic heterocycles. The number of halogens is 1. The highest BCUT2D eigenvalue weighted by Crippen LogP contribution is 2.31. The number of hydrogen-bond donors (Lipinski definition) is 6. The number of piperazine rings is 1. The van der Waals surface area contributed by atoms with Crippen molar-refractivity contribution in [1.82, 2.24) is 41.0 Å². The Kier molecular flexibility index (Phi) is 14.9. The summed E-state index contributed by atoms with van der Waals surface area (Å²) in [5.41, 5.74) is 5.02. The number of hydrogen-bond acceptors (Lipinski definition) is 12. The van der Waals surface area contributed by atoms with Gasteiger partial charge in [-0.3, -0.25) is 24.5 Å². The summed E-state index contributed by atoms with van der Waals surface area (Å²) in [5.74, 6) is 5.88. The molecule has 8 rings (SSSR count). The van der Waals surface area contributed by atoms with E-state index < -0.39 is 11.9 Å². The number of anilines is 5. The van der Waals surface area contributed by atoms with Crippen LogP contribution in [0.3, 0.4) is 0 Å². The first-order valence-corrected chi connectivity index (χ1v) is 22.9. The maximum atomic E-state index is 13.2. The highest BCUT2D eigenvalue weighted by Gasteiger charge is 2.39. The summed E-state index contributed by atoms with van der Waals surface area (Å²) in [7, 11) is 1.58. The molecule has 4 aliphatic rings. The Labute approximate surface area is 388 Å². The van der Waals surface area contributed by atoms with E-state index in [2.05, 4.69) is 58.6 Å². The predicted molar refractivity (Wildman–Crippen MR) is 251 cm³/mol. The molecule has 344 valence electrons. The molecule has 18 heteroatoms. The van der Waals surface area contributed by atoms with Gasteiger partial charge in [0.05, 0.1) is 30.7 Å². The van der Waals surface area contributed by atoms with Crippen LogP contribution in [0.25, 0.3) is 0 Å². The van der Waals surface area contributed by atoms with Crippen molar-refractivity contribution >= 4 is 70.1 Å². The molecule has 66 heavy (non-hydrogen) atoms. The second-order valence-corrected chi connectivity index (χ2v) is 17.0. The van der Waals surface area contributed by atoms with Crippen molar-refractivity contribution in [2.24, 2.45) is 0 Å². The number of nitrogens with one attached hydrogen (secondary N) is 6. The molecule has 1 unspecified atom stereocenters. The lowest BCUT2D eigenvalue weighted by molar-refractivity contribution is -0.136. The van der Waals surface area contributed by atoms with Gasteiger partial charge in [0.15, 0.2) is 5.82 Å². The van der Waals surface area contributed by atoms with E-state index in [9.17, 15) is 24.0 Å². The lowest BCUT2D eigenvalue weighted by Crippen LogP contribution is -2.54. The van der Waals surface area contributed by atoms with Gasteiger partial charge in [-0.15, -0.1) is 0 Å². The SMILES string of the molecule is CNC(=O)c1ccccc1Nc1nc(Nc2ccc(N3CCN(C(=O)NC4CCC(NCCOCCC#Cc5cccc6c5CN(C5CCC(=O)NC5=O)C6=O)CC4)CC3)cc2)ncc1Cl. The minimum absolute atomic E-state index is 0.00427. The fourth-order valence-corrected chi connectivity index (χ4v) is 8.89. The largest absolute Gasteiger partial charge is 0.379 e. The molecule has 1 atom stereocenters. The van der Waals surface area contributed by atoms with Gasteiger partial charge in [-0.05, 0) is 86.2 Å². The first-order valence-electron chi connectivity index (χ1n) is 22.5. The Morgan fingerprint density at radius 1 is 0.894 bits per heavy atom. The van der Waals surface area contributed by atoms with Gasteiger partial charge in [0.25, 0.3) is 11.8 Å². The zero-order valence-electron chi connectivity index (χ0n) is 36.8. The van der Waals surface area contributed by atoms with Gasteiger partial charge in [-0.25, -0.2) is 9.78 Å². The fraction of sp³-hybridized carbons (Fsp3) is 0.396. The maximum absolute atomic E-state index is 13.2. The molecule has 1 aliphatic carbocycles. The number of piperidine rings is 1. The lowest BCUT2D eigenvalue weighted by Gasteiger charge is -2.37. The number of carbonyl (C=O) groups excluding carboxylic acids is 5. The average molecular weight is 916 g/mol. The van der Waals surface area contributed by atoms with Gasteiger partial charge in [0.1, 0.15) is 11.1 Å². The molecule has 4 aromatic rings. The van der Waals surface area contributed by atoms with Crippen molar-refractivity contribution in [3.05, 3.63) is 100 Å². The van der Waals surface area contributed by atoms with Gasteiger partial charge in [0, 0.05) is 93.7 Å². The van der Waals surface area contributed by atoms with Crippen LogP contribution >= 0.6 is 11.6 Å². The summed E-state index contributed by atoms with van der Waals surface area (Å²) < 4.78 is 5.84. The van der Waals surface area contributed by atoms with Crippen LogP contribution in [0.5, 0.6) is 0 Å². The minimum Gasteiger partial charge on any atom is -0.379 e. The van der Waals surface area contributed by atoms with Crippen molar-refractivity contribution in [3.8, 4) is 11.8 Å². The van der Waals surface area contributed by atoms with Gasteiger partial charge >= 0.3 is 6.03 Å². The number of amides is 6. The van der Waals surface area contributed by atoms with E-state index in [-0.39, 0.29) is 36.2 Å². The molecule has 0 radical (unpaired) electrons. The Bertz CT molecular complexity index is 2500. The number of aromatic nitrogens is 2. The molecule has 2 saturated heterocycles. The monoisotopic (exact) mass is 915 g/mol. The summed E-state index contributed by atoms with van der Waals surface area (Å²) in [5, 5.41) is 18.5. The topological polar surface area (TPSA) is 202 Å². The van der Waals surface area contributed by atoms with Crippen molar-refractivity contribution < 1.29 is 28.7 Å². The molecule has 3 aliphatic heterocycles. The van der Waals surface area contributed by atoms with E-state index in [4.69, 9.17) is 16.3 Å². The minimum atomic E-state index is -0.654. The van der Waals surface area contributed by atoms with Crippen molar-refractivity contribution in [2.75, 3.05) is 68.5 Å². The highest BCUT2D eigenvalue weighted by atomic mass is 35.5. The molecule has 0 bridgehead atoms. The Hall–Kier alpha value is -6.74. The Morgan fingerprint density at radius 3 is 2.44 bits per heavy atom. The summed E-state index contributed by atoms with van der Waals surface area (Å²) in [6.45, 7) is 4.80. The van der Waals surface area contributed by atoms with Gasteiger partial charge < -0.3 is 46.0 Å². The first kappa shape index (κ1) is 45.8. The zero-order chi connectivity index (χ0) is 46.0. The molecule has 1 saturated carbocycles. The van der Waals surface area contributed by atoms with E-state index in [1.165, 1.54) is 11.1 Å². The van der Waals surface area contributed by atoms with E-state index in [1.54, 1.807) is 37.4 Å². The molecule has 6 amide bonds. The standard InChI is InChI=1S/C48H54ClN11O6/c1-50-44(62)37-9-2-3-11-40(37)55-43-39(49)29-52-47(57-43)53-33-16-18-35(19-17-33)58-23-25-59(26-24-58)48(65)54-34-14-12-32(13-15-34)51-22-28-66-27-5-4-7-31-8-6-10-36-38(31)30-60(46(36)64)41-20-21-42(61)56-45(41)63/h2-3,6,8-11,16-19,29,32,34,41,51H,5,12-15,20-28,30H2,1H3,(H,50,62)(H,54,65)(H,56,61,63)(H2,52,53,55,57). The third-order valence-electron chi connectivity index (χ3n) is 12.4. The molecule has 4 heterocycles.